The molecule has 1 N–H and O–H groups in total. The summed E-state index contributed by atoms with van der Waals surface area (Å²) in [5, 5.41) is 7.78. The van der Waals surface area contributed by atoms with E-state index in [1.54, 1.807) is 0 Å². The van der Waals surface area contributed by atoms with Crippen LogP contribution in [0.4, 0.5) is 0 Å². The minimum Gasteiger partial charge on any atom is -0.381 e. The van der Waals surface area contributed by atoms with E-state index in [9.17, 15) is 4.79 Å². The summed E-state index contributed by atoms with van der Waals surface area (Å²) in [6, 6.07) is 0. The van der Waals surface area contributed by atoms with Crippen LogP contribution < -0.4 is 5.32 Å². The molecule has 1 aliphatic carbocycles. The van der Waals surface area contributed by atoms with Gasteiger partial charge in [0.15, 0.2) is 0 Å². The topological polar surface area (TPSA) is 65.4 Å². The van der Waals surface area contributed by atoms with Crippen molar-refractivity contribution in [2.75, 3.05) is 26.4 Å². The van der Waals surface area contributed by atoms with E-state index in [1.807, 2.05) is 0 Å². The Morgan fingerprint density at radius 2 is 2.09 bits per heavy atom. The third-order valence-corrected chi connectivity index (χ3v) is 5.06. The van der Waals surface area contributed by atoms with Crippen molar-refractivity contribution in [3.63, 3.8) is 0 Å². The highest BCUT2D eigenvalue weighted by Crippen LogP contribution is 2.30. The molecule has 23 heavy (non-hydrogen) atoms. The van der Waals surface area contributed by atoms with Crippen molar-refractivity contribution >= 4 is 5.91 Å². The molecule has 1 amide bonds. The molecule has 1 aromatic rings. The van der Waals surface area contributed by atoms with Gasteiger partial charge in [0.2, 0.25) is 5.91 Å². The molecule has 3 heterocycles. The number of carbonyl (C=O) groups excluding carboxylic acids is 1. The van der Waals surface area contributed by atoms with Gasteiger partial charge in [0.25, 0.3) is 0 Å². The Balaban J connectivity index is 1.39. The fraction of sp³-hybridized carbons (Fsp3) is 0.765. The van der Waals surface area contributed by atoms with Crippen molar-refractivity contribution in [1.82, 2.24) is 15.1 Å². The van der Waals surface area contributed by atoms with E-state index in [4.69, 9.17) is 14.6 Å². The predicted molar refractivity (Wildman–Crippen MR) is 83.9 cm³/mol. The largest absolute Gasteiger partial charge is 0.381 e. The number of amides is 1. The highest BCUT2D eigenvalue weighted by atomic mass is 16.5. The lowest BCUT2D eigenvalue weighted by atomic mass is 10.0. The smallest absolute Gasteiger partial charge is 0.223 e. The van der Waals surface area contributed by atoms with E-state index < -0.39 is 0 Å². The monoisotopic (exact) mass is 319 g/mol. The molecule has 1 unspecified atom stereocenters. The lowest BCUT2D eigenvalue weighted by Crippen LogP contribution is -2.32. The Morgan fingerprint density at radius 1 is 1.26 bits per heavy atom. The standard InChI is InChI=1S/C17H25N3O3/c21-17(13-1-2-13)18-9-15-16-14(5-8-23-15)11-20(19-16)10-12-3-6-22-7-4-12/h11-13,15H,1-10H2,(H,18,21). The number of rotatable bonds is 5. The maximum Gasteiger partial charge on any atom is 0.223 e. The van der Waals surface area contributed by atoms with Crippen molar-refractivity contribution in [3.8, 4) is 0 Å². The fourth-order valence-corrected chi connectivity index (χ4v) is 3.46. The molecule has 6 heteroatoms. The SMILES string of the molecule is O=C(NCC1OCCc2cn(CC3CCOCC3)nc21)C1CC1. The molecule has 2 fully saturated rings. The molecule has 1 atom stereocenters. The molecule has 0 spiro atoms. The highest BCUT2D eigenvalue weighted by Gasteiger charge is 2.31. The van der Waals surface area contributed by atoms with Crippen LogP contribution >= 0.6 is 0 Å². The summed E-state index contributed by atoms with van der Waals surface area (Å²) < 4.78 is 13.3. The van der Waals surface area contributed by atoms with Crippen LogP contribution in [0.25, 0.3) is 0 Å². The fourth-order valence-electron chi connectivity index (χ4n) is 3.46. The second kappa shape index (κ2) is 6.61. The molecule has 1 saturated carbocycles. The molecule has 3 aliphatic rings. The van der Waals surface area contributed by atoms with Crippen LogP contribution in [0.15, 0.2) is 6.20 Å². The first-order valence-electron chi connectivity index (χ1n) is 8.83. The van der Waals surface area contributed by atoms with Gasteiger partial charge < -0.3 is 14.8 Å². The average Bonchev–Trinajstić information content (AvgIpc) is 3.34. The van der Waals surface area contributed by atoms with Gasteiger partial charge in [-0.3, -0.25) is 9.48 Å². The molecule has 2 aliphatic heterocycles. The van der Waals surface area contributed by atoms with Crippen LogP contribution in [0.1, 0.15) is 43.0 Å². The molecule has 0 aromatic carbocycles. The Bertz CT molecular complexity index is 561. The number of fused-ring (bicyclic) bond motifs is 1. The maximum absolute atomic E-state index is 11.8. The highest BCUT2D eigenvalue weighted by molar-refractivity contribution is 5.80. The quantitative estimate of drug-likeness (QED) is 0.892. The predicted octanol–water partition coefficient (Wildman–Crippen LogP) is 1.45. The summed E-state index contributed by atoms with van der Waals surface area (Å²) in [6.07, 6.45) is 7.27. The van der Waals surface area contributed by atoms with Crippen LogP contribution in [0, 0.1) is 11.8 Å². The van der Waals surface area contributed by atoms with Crippen molar-refractivity contribution in [2.24, 2.45) is 11.8 Å². The number of carbonyl (C=O) groups is 1. The van der Waals surface area contributed by atoms with Crippen LogP contribution in [-0.2, 0) is 27.2 Å². The Morgan fingerprint density at radius 3 is 2.87 bits per heavy atom. The molecule has 4 rings (SSSR count). The molecule has 1 aromatic heterocycles. The van der Waals surface area contributed by atoms with Crippen molar-refractivity contribution in [1.29, 1.82) is 0 Å². The molecule has 6 nitrogen and oxygen atoms in total. The van der Waals surface area contributed by atoms with Gasteiger partial charge >= 0.3 is 0 Å². The lowest BCUT2D eigenvalue weighted by molar-refractivity contribution is -0.123. The van der Waals surface area contributed by atoms with E-state index in [1.165, 1.54) is 5.56 Å². The second-order valence-corrected chi connectivity index (χ2v) is 6.95. The van der Waals surface area contributed by atoms with Crippen LogP contribution in [0.2, 0.25) is 0 Å². The van der Waals surface area contributed by atoms with Crippen LogP contribution in [0.5, 0.6) is 0 Å². The Hall–Kier alpha value is -1.40. The Kier molecular flexibility index (Phi) is 4.35. The summed E-state index contributed by atoms with van der Waals surface area (Å²) in [6.45, 7) is 3.93. The Labute approximate surface area is 136 Å². The van der Waals surface area contributed by atoms with E-state index in [0.717, 1.165) is 57.6 Å². The van der Waals surface area contributed by atoms with Crippen LogP contribution in [0.3, 0.4) is 0 Å². The summed E-state index contributed by atoms with van der Waals surface area (Å²) in [5.74, 6) is 1.06. The summed E-state index contributed by atoms with van der Waals surface area (Å²) in [5.41, 5.74) is 2.29. The molecule has 126 valence electrons. The van der Waals surface area contributed by atoms with E-state index in [0.29, 0.717) is 19.1 Å². The minimum absolute atomic E-state index is 0.0996. The van der Waals surface area contributed by atoms with Gasteiger partial charge in [-0.05, 0) is 43.6 Å². The van der Waals surface area contributed by atoms with E-state index in [2.05, 4.69) is 16.2 Å². The van der Waals surface area contributed by atoms with Gasteiger partial charge in [0.1, 0.15) is 6.10 Å². The van der Waals surface area contributed by atoms with E-state index in [-0.39, 0.29) is 17.9 Å². The number of nitrogens with one attached hydrogen (secondary N) is 1. The van der Waals surface area contributed by atoms with E-state index >= 15 is 0 Å². The number of hydrogen-bond donors (Lipinski definition) is 1. The first-order chi connectivity index (χ1) is 11.3. The van der Waals surface area contributed by atoms with Gasteiger partial charge in [0.05, 0.1) is 12.3 Å². The van der Waals surface area contributed by atoms with Gasteiger partial charge in [-0.2, -0.15) is 5.10 Å². The van der Waals surface area contributed by atoms with Gasteiger partial charge in [-0.25, -0.2) is 0 Å². The maximum atomic E-state index is 11.8. The zero-order valence-electron chi connectivity index (χ0n) is 13.5. The van der Waals surface area contributed by atoms with Gasteiger partial charge in [0, 0.05) is 38.4 Å². The molecule has 0 bridgehead atoms. The summed E-state index contributed by atoms with van der Waals surface area (Å²) >= 11 is 0. The molecular weight excluding hydrogens is 294 g/mol. The van der Waals surface area contributed by atoms with Gasteiger partial charge in [-0.15, -0.1) is 0 Å². The normalized spacial score (nSPS) is 25.1. The number of aromatic nitrogens is 2. The van der Waals surface area contributed by atoms with Crippen molar-refractivity contribution < 1.29 is 14.3 Å². The first-order valence-corrected chi connectivity index (χ1v) is 8.83. The lowest BCUT2D eigenvalue weighted by Gasteiger charge is -2.22. The second-order valence-electron chi connectivity index (χ2n) is 6.95. The average molecular weight is 319 g/mol. The van der Waals surface area contributed by atoms with Crippen molar-refractivity contribution in [2.45, 2.75) is 44.8 Å². The molecular formula is C17H25N3O3. The number of ether oxygens (including phenoxy) is 2. The zero-order chi connectivity index (χ0) is 15.6. The zero-order valence-corrected chi connectivity index (χ0v) is 13.5. The minimum atomic E-state index is -0.0996. The van der Waals surface area contributed by atoms with Crippen molar-refractivity contribution in [3.05, 3.63) is 17.5 Å². The summed E-state index contributed by atoms with van der Waals surface area (Å²) in [4.78, 5) is 11.8. The molecule has 1 saturated heterocycles. The molecule has 0 radical (unpaired) electrons. The first kappa shape index (κ1) is 15.1. The number of hydrogen-bond acceptors (Lipinski definition) is 4. The third-order valence-electron chi connectivity index (χ3n) is 5.06. The third kappa shape index (κ3) is 3.58. The number of nitrogens with zero attached hydrogens (tertiary/aromatic N) is 2. The van der Waals surface area contributed by atoms with Crippen LogP contribution in [-0.4, -0.2) is 42.1 Å². The van der Waals surface area contributed by atoms with Gasteiger partial charge in [-0.1, -0.05) is 0 Å². The summed E-state index contributed by atoms with van der Waals surface area (Å²) in [7, 11) is 0.